The van der Waals surface area contributed by atoms with Gasteiger partial charge in [-0.3, -0.25) is 4.99 Å². The minimum atomic E-state index is -3.62. The summed E-state index contributed by atoms with van der Waals surface area (Å²) in [6, 6.07) is 9.73. The zero-order valence-electron chi connectivity index (χ0n) is 17.6. The third kappa shape index (κ3) is 5.79. The van der Waals surface area contributed by atoms with Crippen molar-refractivity contribution in [1.29, 1.82) is 0 Å². The van der Waals surface area contributed by atoms with Crippen LogP contribution in [0.3, 0.4) is 0 Å². The molecule has 1 aromatic rings. The van der Waals surface area contributed by atoms with Crippen molar-refractivity contribution in [2.75, 3.05) is 18.1 Å². The zero-order valence-corrected chi connectivity index (χ0v) is 19.2. The molecule has 3 N–H and O–H groups in total. The van der Waals surface area contributed by atoms with Gasteiger partial charge in [-0.05, 0) is 55.1 Å². The number of nitrogens with one attached hydrogen (secondary N) is 1. The average molecular weight is 456 g/mol. The molecule has 1 heterocycles. The SMILES string of the molecule is NC(/C=C/S(=O)(=O)NC1(c2ccccc2)CC1)=C1CSCCC1=NCC1=CCCC=C1. The fraction of sp³-hybridized carbons (Fsp3) is 0.375. The van der Waals surface area contributed by atoms with E-state index < -0.39 is 15.6 Å². The summed E-state index contributed by atoms with van der Waals surface area (Å²) in [4.78, 5) is 4.81. The second-order valence-corrected chi connectivity index (χ2v) is 10.8. The van der Waals surface area contributed by atoms with E-state index in [0.29, 0.717) is 12.2 Å². The Kier molecular flexibility index (Phi) is 6.84. The van der Waals surface area contributed by atoms with E-state index in [4.69, 9.17) is 10.7 Å². The Morgan fingerprint density at radius 1 is 1.23 bits per heavy atom. The lowest BCUT2D eigenvalue weighted by Crippen LogP contribution is -2.33. The molecule has 7 heteroatoms. The normalized spacial score (nSPS) is 23.7. The quantitative estimate of drug-likeness (QED) is 0.646. The lowest BCUT2D eigenvalue weighted by Gasteiger charge is -2.19. The van der Waals surface area contributed by atoms with Gasteiger partial charge in [-0.25, -0.2) is 13.1 Å². The molecule has 0 atom stereocenters. The van der Waals surface area contributed by atoms with Crippen molar-refractivity contribution >= 4 is 27.5 Å². The van der Waals surface area contributed by atoms with Gasteiger partial charge in [0.1, 0.15) is 0 Å². The summed E-state index contributed by atoms with van der Waals surface area (Å²) in [6.45, 7) is 0.649. The molecule has 4 rings (SSSR count). The van der Waals surface area contributed by atoms with Crippen molar-refractivity contribution in [1.82, 2.24) is 4.72 Å². The Labute approximate surface area is 189 Å². The molecule has 1 saturated carbocycles. The minimum absolute atomic E-state index is 0.481. The van der Waals surface area contributed by atoms with E-state index in [9.17, 15) is 8.42 Å². The van der Waals surface area contributed by atoms with E-state index in [1.807, 2.05) is 30.3 Å². The van der Waals surface area contributed by atoms with Gasteiger partial charge in [-0.15, -0.1) is 0 Å². The zero-order chi connectivity index (χ0) is 21.7. The van der Waals surface area contributed by atoms with Crippen molar-refractivity contribution in [3.63, 3.8) is 0 Å². The van der Waals surface area contributed by atoms with Crippen molar-refractivity contribution in [2.24, 2.45) is 10.7 Å². The lowest BCUT2D eigenvalue weighted by molar-refractivity contribution is 0.560. The van der Waals surface area contributed by atoms with E-state index in [1.54, 1.807) is 11.8 Å². The van der Waals surface area contributed by atoms with Gasteiger partial charge in [0.25, 0.3) is 0 Å². The number of thioether (sulfide) groups is 1. The third-order valence-corrected chi connectivity index (χ3v) is 7.95. The largest absolute Gasteiger partial charge is 0.398 e. The molecule has 5 nitrogen and oxygen atoms in total. The molecule has 0 spiro atoms. The maximum atomic E-state index is 12.7. The van der Waals surface area contributed by atoms with E-state index in [2.05, 4.69) is 23.0 Å². The Bertz CT molecular complexity index is 1060. The molecular formula is C24H29N3O2S2. The molecule has 3 aliphatic rings. The molecule has 1 aromatic carbocycles. The van der Waals surface area contributed by atoms with Crippen LogP contribution in [0.1, 0.15) is 37.7 Å². The summed E-state index contributed by atoms with van der Waals surface area (Å²) >= 11 is 1.80. The molecule has 1 saturated heterocycles. The van der Waals surface area contributed by atoms with Crippen LogP contribution in [0.2, 0.25) is 0 Å². The molecule has 0 radical (unpaired) electrons. The number of allylic oxidation sites excluding steroid dienone is 3. The van der Waals surface area contributed by atoms with E-state index in [-0.39, 0.29) is 0 Å². The third-order valence-electron chi connectivity index (χ3n) is 5.79. The van der Waals surface area contributed by atoms with Crippen LogP contribution < -0.4 is 10.5 Å². The summed E-state index contributed by atoms with van der Waals surface area (Å²) in [7, 11) is -3.62. The van der Waals surface area contributed by atoms with E-state index in [1.165, 1.54) is 17.1 Å². The number of rotatable bonds is 7. The van der Waals surface area contributed by atoms with Gasteiger partial charge in [0, 0.05) is 28.1 Å². The molecule has 2 aliphatic carbocycles. The molecule has 0 aromatic heterocycles. The number of hydrogen-bond acceptors (Lipinski definition) is 5. The Hall–Kier alpha value is -2.09. The van der Waals surface area contributed by atoms with Gasteiger partial charge < -0.3 is 5.73 Å². The lowest BCUT2D eigenvalue weighted by atomic mass is 10.1. The minimum Gasteiger partial charge on any atom is -0.398 e. The van der Waals surface area contributed by atoms with Crippen molar-refractivity contribution in [3.05, 3.63) is 82.5 Å². The van der Waals surface area contributed by atoms with Crippen molar-refractivity contribution in [3.8, 4) is 0 Å². The summed E-state index contributed by atoms with van der Waals surface area (Å²) < 4.78 is 28.3. The Morgan fingerprint density at radius 3 is 2.74 bits per heavy atom. The standard InChI is InChI=1S/C24H29N3O2S2/c25-22(21-18-30-15-11-23(21)26-17-19-7-3-1-4-8-19)12-16-31(28,29)27-24(13-14-24)20-9-5-2-6-10-20/h2-3,5-10,12,16,27H,1,4,11,13-15,17-18,25H2/b16-12+,22-21?,26-23?. The first-order valence-corrected chi connectivity index (χ1v) is 13.4. The van der Waals surface area contributed by atoms with Gasteiger partial charge in [0.2, 0.25) is 10.0 Å². The van der Waals surface area contributed by atoms with Gasteiger partial charge in [-0.1, -0.05) is 48.6 Å². The van der Waals surface area contributed by atoms with Crippen LogP contribution >= 0.6 is 11.8 Å². The highest BCUT2D eigenvalue weighted by atomic mass is 32.2. The van der Waals surface area contributed by atoms with Gasteiger partial charge >= 0.3 is 0 Å². The van der Waals surface area contributed by atoms with E-state index >= 15 is 0 Å². The first-order chi connectivity index (χ1) is 15.0. The molecule has 0 bridgehead atoms. The molecule has 2 fully saturated rings. The number of aliphatic imine (C=N–C) groups is 1. The summed E-state index contributed by atoms with van der Waals surface area (Å²) in [5, 5.41) is 1.20. The van der Waals surface area contributed by atoms with Crippen LogP contribution in [0.15, 0.2) is 81.9 Å². The van der Waals surface area contributed by atoms with Crippen LogP contribution in [-0.2, 0) is 15.6 Å². The molecule has 164 valence electrons. The average Bonchev–Trinajstić information content (AvgIpc) is 3.57. The van der Waals surface area contributed by atoms with Crippen molar-refractivity contribution < 1.29 is 8.42 Å². The van der Waals surface area contributed by atoms with Gasteiger partial charge in [-0.2, -0.15) is 11.8 Å². The second kappa shape index (κ2) is 9.59. The highest BCUT2D eigenvalue weighted by molar-refractivity contribution is 7.99. The second-order valence-electron chi connectivity index (χ2n) is 8.16. The molecule has 0 unspecified atom stereocenters. The predicted molar refractivity (Wildman–Crippen MR) is 130 cm³/mol. The van der Waals surface area contributed by atoms with Crippen LogP contribution in [0, 0.1) is 0 Å². The van der Waals surface area contributed by atoms with Crippen LogP contribution in [0.25, 0.3) is 0 Å². The van der Waals surface area contributed by atoms with Gasteiger partial charge in [0.15, 0.2) is 0 Å². The maximum absolute atomic E-state index is 12.7. The highest BCUT2D eigenvalue weighted by Crippen LogP contribution is 2.46. The van der Waals surface area contributed by atoms with Crippen LogP contribution in [0.5, 0.6) is 0 Å². The summed E-state index contributed by atoms with van der Waals surface area (Å²) in [5.41, 5.74) is 10.5. The van der Waals surface area contributed by atoms with E-state index in [0.717, 1.165) is 60.5 Å². The monoisotopic (exact) mass is 455 g/mol. The fourth-order valence-corrected chi connectivity index (χ4v) is 6.15. The highest BCUT2D eigenvalue weighted by Gasteiger charge is 2.46. The number of benzene rings is 1. The number of sulfonamides is 1. The van der Waals surface area contributed by atoms with Crippen molar-refractivity contribution in [2.45, 2.75) is 37.6 Å². The molecular weight excluding hydrogens is 426 g/mol. The molecule has 0 amide bonds. The van der Waals surface area contributed by atoms with Gasteiger partial charge in [0.05, 0.1) is 12.1 Å². The first kappa shape index (κ1) is 22.1. The number of nitrogens with zero attached hydrogens (tertiary/aromatic N) is 1. The molecule has 31 heavy (non-hydrogen) atoms. The Balaban J connectivity index is 1.48. The fourth-order valence-electron chi connectivity index (χ4n) is 3.88. The van der Waals surface area contributed by atoms with Crippen LogP contribution in [-0.4, -0.2) is 32.2 Å². The first-order valence-electron chi connectivity index (χ1n) is 10.7. The smallest absolute Gasteiger partial charge is 0.234 e. The van der Waals surface area contributed by atoms with Crippen LogP contribution in [0.4, 0.5) is 0 Å². The predicted octanol–water partition coefficient (Wildman–Crippen LogP) is 4.18. The number of hydrogen-bond donors (Lipinski definition) is 2. The summed E-state index contributed by atoms with van der Waals surface area (Å²) in [5.74, 6) is 1.76. The number of nitrogens with two attached hydrogens (primary N) is 1. The molecule has 1 aliphatic heterocycles. The topological polar surface area (TPSA) is 84.5 Å². The maximum Gasteiger partial charge on any atom is 0.234 e. The summed E-state index contributed by atoms with van der Waals surface area (Å²) in [6.07, 6.45) is 12.7. The Morgan fingerprint density at radius 2 is 2.03 bits per heavy atom.